The van der Waals surface area contributed by atoms with Crippen molar-refractivity contribution in [2.24, 2.45) is 17.2 Å². The number of amides is 2. The third kappa shape index (κ3) is 11.8. The molecule has 12 heteroatoms. The summed E-state index contributed by atoms with van der Waals surface area (Å²) in [5.41, 5.74) is 24.3. The van der Waals surface area contributed by atoms with Crippen LogP contribution in [0.2, 0.25) is 0 Å². The minimum absolute atomic E-state index is 0.0642. The van der Waals surface area contributed by atoms with E-state index in [0.29, 0.717) is 51.6 Å². The number of nitrogens with two attached hydrogens (primary N) is 3. The van der Waals surface area contributed by atoms with E-state index in [1.807, 2.05) is 42.5 Å². The van der Waals surface area contributed by atoms with Crippen molar-refractivity contribution >= 4 is 39.8 Å². The Kier molecular flexibility index (Phi) is 16.8. The second kappa shape index (κ2) is 22.2. The number of rotatable bonds is 24. The Bertz CT molecular complexity index is 2070. The predicted octanol–water partition coefficient (Wildman–Crippen LogP) is 7.98. The maximum absolute atomic E-state index is 14.0. The summed E-state index contributed by atoms with van der Waals surface area (Å²) in [5.74, 6) is -0.820. The highest BCUT2D eigenvalue weighted by Gasteiger charge is 2.21. The Labute approximate surface area is 339 Å². The van der Waals surface area contributed by atoms with Crippen LogP contribution < -0.4 is 22.7 Å². The molecule has 9 N–H and O–H groups in total. The summed E-state index contributed by atoms with van der Waals surface area (Å²) in [7, 11) is 0. The number of aryl methyl sites for hydroxylation is 1. The van der Waals surface area contributed by atoms with Crippen LogP contribution in [0.15, 0.2) is 78.9 Å². The smallest absolute Gasteiger partial charge is 0.254 e. The lowest BCUT2D eigenvalue weighted by Crippen LogP contribution is -2.36. The summed E-state index contributed by atoms with van der Waals surface area (Å²) < 4.78 is 2.20. The van der Waals surface area contributed by atoms with E-state index in [2.05, 4.69) is 10.6 Å². The van der Waals surface area contributed by atoms with Crippen LogP contribution in [0, 0.1) is 0 Å². The van der Waals surface area contributed by atoms with E-state index in [9.17, 15) is 24.7 Å². The van der Waals surface area contributed by atoms with Gasteiger partial charge in [-0.25, -0.2) is 5.48 Å². The van der Waals surface area contributed by atoms with Crippen molar-refractivity contribution in [1.29, 1.82) is 0 Å². The minimum Gasteiger partial charge on any atom is -0.508 e. The van der Waals surface area contributed by atoms with Gasteiger partial charge in [-0.05, 0) is 97.9 Å². The summed E-state index contributed by atoms with van der Waals surface area (Å²) in [5, 5.41) is 20.3. The molecule has 57 heavy (non-hydrogen) atoms. The fraction of sp³-hybridized carbons (Fsp3) is 0.400. The fourth-order valence-electron chi connectivity index (χ4n) is 7.31. The number of phenols is 1. The van der Waals surface area contributed by atoms with Gasteiger partial charge in [-0.15, -0.1) is 11.3 Å². The third-order valence-electron chi connectivity index (χ3n) is 10.4. The minimum atomic E-state index is -0.608. The molecule has 3 aromatic carbocycles. The number of nitrogens with zero attached hydrogens (tertiary/aromatic N) is 2. The highest BCUT2D eigenvalue weighted by atomic mass is 32.1. The van der Waals surface area contributed by atoms with Crippen LogP contribution >= 0.6 is 11.3 Å². The van der Waals surface area contributed by atoms with Crippen LogP contribution in [0.1, 0.15) is 108 Å². The van der Waals surface area contributed by atoms with E-state index >= 15 is 0 Å². The number of benzene rings is 3. The van der Waals surface area contributed by atoms with Crippen molar-refractivity contribution < 1.29 is 24.7 Å². The molecule has 0 aliphatic carbocycles. The number of carbonyl (C=O) groups is 3. The lowest BCUT2D eigenvalue weighted by molar-refractivity contribution is -0.128. The molecule has 0 aliphatic heterocycles. The predicted molar refractivity (Wildman–Crippen MR) is 229 cm³/mol. The van der Waals surface area contributed by atoms with Crippen molar-refractivity contribution in [2.45, 2.75) is 90.0 Å². The molecule has 0 radical (unpaired) electrons. The fourth-order valence-corrected chi connectivity index (χ4v) is 8.45. The van der Waals surface area contributed by atoms with Gasteiger partial charge in [-0.2, -0.15) is 0 Å². The van der Waals surface area contributed by atoms with E-state index in [0.717, 1.165) is 60.8 Å². The average molecular weight is 795 g/mol. The molecule has 11 nitrogen and oxygen atoms in total. The zero-order chi connectivity index (χ0) is 40.6. The Morgan fingerprint density at radius 2 is 1.35 bits per heavy atom. The van der Waals surface area contributed by atoms with Gasteiger partial charge < -0.3 is 31.8 Å². The van der Waals surface area contributed by atoms with Gasteiger partial charge in [-0.3, -0.25) is 19.6 Å². The van der Waals surface area contributed by atoms with Gasteiger partial charge in [0.25, 0.3) is 5.91 Å². The lowest BCUT2D eigenvalue weighted by Gasteiger charge is -2.21. The van der Waals surface area contributed by atoms with Crippen molar-refractivity contribution in [2.75, 3.05) is 26.3 Å². The Balaban J connectivity index is 1.30. The van der Waals surface area contributed by atoms with Crippen LogP contribution in [0.25, 0.3) is 32.6 Å². The number of unbranched alkanes of at least 4 members (excludes halogenated alkanes) is 10. The summed E-state index contributed by atoms with van der Waals surface area (Å²) in [6.07, 6.45) is 13.4. The second-order valence-electron chi connectivity index (χ2n) is 14.7. The van der Waals surface area contributed by atoms with Crippen LogP contribution in [0.5, 0.6) is 5.75 Å². The van der Waals surface area contributed by atoms with E-state index in [1.165, 1.54) is 56.3 Å². The molecule has 2 heterocycles. The Morgan fingerprint density at radius 3 is 2.00 bits per heavy atom. The number of aromatic nitrogens is 1. The Hall–Kier alpha value is -4.85. The van der Waals surface area contributed by atoms with Crippen molar-refractivity contribution in [3.05, 3.63) is 100 Å². The molecular formula is C45H58N6O5S. The second-order valence-corrected chi connectivity index (χ2v) is 15.7. The van der Waals surface area contributed by atoms with E-state index in [4.69, 9.17) is 17.2 Å². The quantitative estimate of drug-likeness (QED) is 0.0119. The molecule has 2 amide bonds. The first-order valence-corrected chi connectivity index (χ1v) is 21.1. The van der Waals surface area contributed by atoms with E-state index in [1.54, 1.807) is 40.7 Å². The van der Waals surface area contributed by atoms with Crippen LogP contribution in [-0.2, 0) is 17.8 Å². The number of hydroxylamine groups is 1. The van der Waals surface area contributed by atoms with Crippen molar-refractivity contribution in [3.63, 3.8) is 0 Å². The topological polar surface area (TPSA) is 190 Å². The molecule has 0 saturated carbocycles. The molecule has 0 unspecified atom stereocenters. The normalized spacial score (nSPS) is 11.3. The molecular weight excluding hydrogens is 737 g/mol. The van der Waals surface area contributed by atoms with Gasteiger partial charge in [0.1, 0.15) is 5.75 Å². The molecule has 0 atom stereocenters. The highest BCUT2D eigenvalue weighted by molar-refractivity contribution is 7.17. The molecule has 2 aromatic heterocycles. The number of thiophene rings is 1. The molecule has 0 saturated heterocycles. The maximum atomic E-state index is 14.0. The number of ketones is 1. The van der Waals surface area contributed by atoms with Gasteiger partial charge >= 0.3 is 0 Å². The highest BCUT2D eigenvalue weighted by Crippen LogP contribution is 2.37. The van der Waals surface area contributed by atoms with Crippen LogP contribution in [0.3, 0.4) is 0 Å². The van der Waals surface area contributed by atoms with E-state index < -0.39 is 5.91 Å². The summed E-state index contributed by atoms with van der Waals surface area (Å²) >= 11 is 1.24. The zero-order valence-corrected chi connectivity index (χ0v) is 33.7. The van der Waals surface area contributed by atoms with Crippen LogP contribution in [0.4, 0.5) is 0 Å². The van der Waals surface area contributed by atoms with E-state index in [-0.39, 0.29) is 30.5 Å². The standard InChI is InChI=1S/C45H58N6O5S/c46-22-9-7-5-3-1-2-4-6-8-11-24-50(31-48)45(55)33-18-16-32(17-19-33)39-27-34-20-21-35(28-40(34)51(39)25-12-10-23-47)43(54)41-29-37(30-42(53)49-56)44(57-41)36-14-13-15-38(52)26-36/h13-21,26-29,52,56H,1-12,22-25,30-31,46-48H2,(H,49,53). The molecule has 0 fully saturated rings. The average Bonchev–Trinajstić information content (AvgIpc) is 3.82. The number of hydrogen-bond acceptors (Lipinski definition) is 9. The third-order valence-corrected chi connectivity index (χ3v) is 11.7. The monoisotopic (exact) mass is 794 g/mol. The number of fused-ring (bicyclic) bond motifs is 1. The molecule has 0 bridgehead atoms. The number of hydrogen-bond donors (Lipinski definition) is 6. The summed E-state index contributed by atoms with van der Waals surface area (Å²) in [4.78, 5) is 42.5. The largest absolute Gasteiger partial charge is 0.508 e. The van der Waals surface area contributed by atoms with Crippen molar-refractivity contribution in [1.82, 2.24) is 14.9 Å². The first-order valence-electron chi connectivity index (χ1n) is 20.3. The van der Waals surface area contributed by atoms with Gasteiger partial charge in [0, 0.05) is 45.7 Å². The first kappa shape index (κ1) is 43.3. The van der Waals surface area contributed by atoms with Gasteiger partial charge in [-0.1, -0.05) is 87.8 Å². The lowest BCUT2D eigenvalue weighted by atomic mass is 10.0. The van der Waals surface area contributed by atoms with Gasteiger partial charge in [0.15, 0.2) is 0 Å². The first-order chi connectivity index (χ1) is 27.8. The van der Waals surface area contributed by atoms with Crippen LogP contribution in [-0.4, -0.2) is 63.7 Å². The molecule has 5 aromatic rings. The number of aromatic hydroxyl groups is 1. The number of nitrogens with one attached hydrogen (secondary N) is 1. The van der Waals surface area contributed by atoms with Gasteiger partial charge in [0.2, 0.25) is 11.7 Å². The molecule has 304 valence electrons. The van der Waals surface area contributed by atoms with Gasteiger partial charge in [0.05, 0.1) is 18.0 Å². The molecule has 0 aliphatic rings. The summed E-state index contributed by atoms with van der Waals surface area (Å²) in [6.45, 7) is 2.84. The molecule has 0 spiro atoms. The SMILES string of the molecule is NCCCCCCCCCCCCN(CN)C(=O)c1ccc(-c2cc3ccc(C(=O)c4cc(CC(=O)NO)c(-c5cccc(O)c5)s4)cc3n2CCCCN)cc1. The zero-order valence-electron chi connectivity index (χ0n) is 32.9. The van der Waals surface area contributed by atoms with Crippen molar-refractivity contribution in [3.8, 4) is 27.4 Å². The maximum Gasteiger partial charge on any atom is 0.254 e. The molecule has 5 rings (SSSR count). The number of carbonyl (C=O) groups excluding carboxylic acids is 3. The summed E-state index contributed by atoms with van der Waals surface area (Å²) in [6, 6.07) is 23.7. The Morgan fingerprint density at radius 1 is 0.702 bits per heavy atom. The number of phenolic OH excluding ortho intramolecular Hbond substituents is 1.